The maximum Gasteiger partial charge on any atom is 0.302 e. The number of fused-ring (bicyclic) bond motifs is 4. The topological polar surface area (TPSA) is 35.5 Å². The molecule has 0 heterocycles. The molecule has 4 aliphatic rings. The Morgan fingerprint density at radius 1 is 0.971 bits per heavy atom. The van der Waals surface area contributed by atoms with E-state index >= 15 is 0 Å². The molecule has 3 nitrogen and oxygen atoms in total. The van der Waals surface area contributed by atoms with E-state index in [1.807, 2.05) is 18.3 Å². The van der Waals surface area contributed by atoms with E-state index in [-0.39, 0.29) is 22.9 Å². The van der Waals surface area contributed by atoms with Gasteiger partial charge < -0.3 is 9.47 Å². The fourth-order valence-corrected chi connectivity index (χ4v) is 9.94. The molecule has 4 rings (SSSR count). The van der Waals surface area contributed by atoms with Gasteiger partial charge >= 0.3 is 5.97 Å². The number of hydrogen-bond donors (Lipinski definition) is 0. The van der Waals surface area contributed by atoms with Crippen LogP contribution in [0.2, 0.25) is 0 Å². The summed E-state index contributed by atoms with van der Waals surface area (Å²) >= 11 is 0. The van der Waals surface area contributed by atoms with Crippen molar-refractivity contribution in [2.24, 2.45) is 39.4 Å². The number of unbranched alkanes of at least 4 members (excludes halogenated alkanes) is 1. The van der Waals surface area contributed by atoms with E-state index in [0.29, 0.717) is 16.7 Å². The van der Waals surface area contributed by atoms with E-state index in [4.69, 9.17) is 9.47 Å². The molecule has 0 aromatic rings. The van der Waals surface area contributed by atoms with Crippen molar-refractivity contribution in [1.82, 2.24) is 0 Å². The van der Waals surface area contributed by atoms with E-state index in [2.05, 4.69) is 41.5 Å². The average molecular weight is 473 g/mol. The summed E-state index contributed by atoms with van der Waals surface area (Å²) in [5.41, 5.74) is 4.77. The summed E-state index contributed by atoms with van der Waals surface area (Å²) < 4.78 is 11.2. The molecule has 3 heteroatoms. The van der Waals surface area contributed by atoms with E-state index in [9.17, 15) is 4.79 Å². The molecule has 0 unspecified atom stereocenters. The van der Waals surface area contributed by atoms with E-state index in [0.717, 1.165) is 24.9 Å². The minimum Gasteiger partial charge on any atom is -0.462 e. The molecule has 34 heavy (non-hydrogen) atoms. The summed E-state index contributed by atoms with van der Waals surface area (Å²) in [7, 11) is 1.82. The first-order valence-electron chi connectivity index (χ1n) is 14.3. The maximum atomic E-state index is 11.8. The highest BCUT2D eigenvalue weighted by Gasteiger charge is 2.63. The monoisotopic (exact) mass is 472 g/mol. The number of methoxy groups -OCH3 is 1. The molecule has 7 atom stereocenters. The molecule has 0 aromatic carbocycles. The average Bonchev–Trinajstić information content (AvgIpc) is 3.04. The van der Waals surface area contributed by atoms with Crippen molar-refractivity contribution < 1.29 is 14.3 Å². The predicted octanol–water partition coefficient (Wildman–Crippen LogP) is 8.12. The van der Waals surface area contributed by atoms with Crippen LogP contribution in [0.15, 0.2) is 11.1 Å². The van der Waals surface area contributed by atoms with Gasteiger partial charge in [0.05, 0.1) is 0 Å². The van der Waals surface area contributed by atoms with Gasteiger partial charge in [0.15, 0.2) is 0 Å². The maximum absolute atomic E-state index is 11.8. The number of rotatable bonds is 7. The molecular formula is C31H52O3. The van der Waals surface area contributed by atoms with E-state index in [1.54, 1.807) is 6.92 Å². The van der Waals surface area contributed by atoms with Crippen LogP contribution < -0.4 is 0 Å². The van der Waals surface area contributed by atoms with Crippen LogP contribution in [0, 0.1) is 39.4 Å². The molecule has 4 aliphatic carbocycles. The summed E-state index contributed by atoms with van der Waals surface area (Å²) in [6.07, 6.45) is 14.0. The minimum atomic E-state index is -0.119. The van der Waals surface area contributed by atoms with Crippen molar-refractivity contribution in [3.63, 3.8) is 0 Å². The molecule has 0 spiro atoms. The van der Waals surface area contributed by atoms with Crippen LogP contribution in [0.25, 0.3) is 0 Å². The molecule has 0 N–H and O–H groups in total. The molecule has 0 amide bonds. The fourth-order valence-electron chi connectivity index (χ4n) is 9.94. The van der Waals surface area contributed by atoms with Crippen LogP contribution in [-0.2, 0) is 14.3 Å². The van der Waals surface area contributed by atoms with Crippen molar-refractivity contribution in [2.45, 2.75) is 125 Å². The summed E-state index contributed by atoms with van der Waals surface area (Å²) in [4.78, 5) is 11.8. The second-order valence-electron chi connectivity index (χ2n) is 13.8. The third-order valence-electron chi connectivity index (χ3n) is 12.0. The number of hydrogen-bond acceptors (Lipinski definition) is 3. The number of allylic oxidation sites excluding steroid dienone is 2. The first kappa shape index (κ1) is 26.2. The standard InChI is InChI=1S/C31H52O3/c1-21(11-9-10-20-33-8)23-14-18-31(7)25-12-13-26-28(3,4)27(34-22(2)32)16-17-29(26,5)24(25)15-19-30(23,31)6/h21,23,26-27H,9-20H2,1-8H3/t21-,23-,26+,27+,29-,30-,31+/m1/s1. The first-order valence-corrected chi connectivity index (χ1v) is 14.3. The highest BCUT2D eigenvalue weighted by molar-refractivity contribution is 5.66. The Labute approximate surface area is 209 Å². The summed E-state index contributed by atoms with van der Waals surface area (Å²) in [5, 5.41) is 0. The molecule has 2 saturated carbocycles. The Kier molecular flexibility index (Phi) is 7.13. The van der Waals surface area contributed by atoms with Gasteiger partial charge in [0.25, 0.3) is 0 Å². The molecule has 0 aromatic heterocycles. The Bertz CT molecular complexity index is 811. The Balaban J connectivity index is 1.60. The second-order valence-corrected chi connectivity index (χ2v) is 13.8. The van der Waals surface area contributed by atoms with Gasteiger partial charge in [0.2, 0.25) is 0 Å². The van der Waals surface area contributed by atoms with Crippen molar-refractivity contribution >= 4 is 5.97 Å². The number of esters is 1. The SMILES string of the molecule is COCCCC[C@@H](C)[C@H]1CC[C@@]2(C)C3=C(CC[C@]12C)[C@@]1(C)CC[C@H](OC(C)=O)C(C)(C)[C@@H]1CC3. The van der Waals surface area contributed by atoms with Crippen LogP contribution in [0.1, 0.15) is 119 Å². The third kappa shape index (κ3) is 3.91. The van der Waals surface area contributed by atoms with Crippen molar-refractivity contribution in [1.29, 1.82) is 0 Å². The van der Waals surface area contributed by atoms with Gasteiger partial charge in [0, 0.05) is 26.1 Å². The molecule has 0 radical (unpaired) electrons. The van der Waals surface area contributed by atoms with Crippen LogP contribution in [0.3, 0.4) is 0 Å². The predicted molar refractivity (Wildman–Crippen MR) is 139 cm³/mol. The van der Waals surface area contributed by atoms with Crippen LogP contribution >= 0.6 is 0 Å². The molecule has 194 valence electrons. The number of carbonyl (C=O) groups excluding carboxylic acids is 1. The number of carbonyl (C=O) groups is 1. The van der Waals surface area contributed by atoms with Crippen LogP contribution in [-0.4, -0.2) is 25.8 Å². The lowest BCUT2D eigenvalue weighted by atomic mass is 9.43. The summed E-state index contributed by atoms with van der Waals surface area (Å²) in [6, 6.07) is 0. The van der Waals surface area contributed by atoms with Gasteiger partial charge in [-0.2, -0.15) is 0 Å². The summed E-state index contributed by atoms with van der Waals surface area (Å²) in [6.45, 7) is 17.7. The van der Waals surface area contributed by atoms with Crippen molar-refractivity contribution in [2.75, 3.05) is 13.7 Å². The molecule has 0 aliphatic heterocycles. The summed E-state index contributed by atoms with van der Waals surface area (Å²) in [5.74, 6) is 2.13. The zero-order valence-electron chi connectivity index (χ0n) is 23.5. The highest BCUT2D eigenvalue weighted by atomic mass is 16.5. The lowest BCUT2D eigenvalue weighted by Gasteiger charge is -2.62. The third-order valence-corrected chi connectivity index (χ3v) is 12.0. The second kappa shape index (κ2) is 9.24. The largest absolute Gasteiger partial charge is 0.462 e. The minimum absolute atomic E-state index is 0.0355. The van der Waals surface area contributed by atoms with Gasteiger partial charge in [-0.1, -0.05) is 65.5 Å². The molecule has 2 fully saturated rings. The van der Waals surface area contributed by atoms with E-state index in [1.165, 1.54) is 64.2 Å². The molecular weight excluding hydrogens is 420 g/mol. The normalized spacial score (nSPS) is 41.9. The highest BCUT2D eigenvalue weighted by Crippen LogP contribution is 2.72. The van der Waals surface area contributed by atoms with Crippen molar-refractivity contribution in [3.05, 3.63) is 11.1 Å². The lowest BCUT2D eigenvalue weighted by molar-refractivity contribution is -0.167. The smallest absolute Gasteiger partial charge is 0.302 e. The van der Waals surface area contributed by atoms with Crippen LogP contribution in [0.4, 0.5) is 0 Å². The zero-order valence-corrected chi connectivity index (χ0v) is 23.5. The zero-order chi connectivity index (χ0) is 24.9. The van der Waals surface area contributed by atoms with Gasteiger partial charge in [-0.3, -0.25) is 4.79 Å². The van der Waals surface area contributed by atoms with Gasteiger partial charge in [-0.15, -0.1) is 0 Å². The molecule has 0 saturated heterocycles. The fraction of sp³-hybridized carbons (Fsp3) is 0.903. The Morgan fingerprint density at radius 2 is 1.71 bits per heavy atom. The molecule has 0 bridgehead atoms. The Morgan fingerprint density at radius 3 is 2.38 bits per heavy atom. The number of ether oxygens (including phenoxy) is 2. The van der Waals surface area contributed by atoms with Crippen LogP contribution in [0.5, 0.6) is 0 Å². The van der Waals surface area contributed by atoms with Gasteiger partial charge in [-0.05, 0) is 91.8 Å². The van der Waals surface area contributed by atoms with E-state index < -0.39 is 0 Å². The van der Waals surface area contributed by atoms with Gasteiger partial charge in [-0.25, -0.2) is 0 Å². The first-order chi connectivity index (χ1) is 15.9. The lowest BCUT2D eigenvalue weighted by Crippen LogP contribution is -2.55. The quantitative estimate of drug-likeness (QED) is 0.213. The van der Waals surface area contributed by atoms with Crippen molar-refractivity contribution in [3.8, 4) is 0 Å². The van der Waals surface area contributed by atoms with Gasteiger partial charge in [0.1, 0.15) is 6.10 Å². The Hall–Kier alpha value is -0.830.